The number of aliphatic hydroxyl groups excluding tert-OH is 1. The molecule has 1 aromatic carbocycles. The molecule has 0 fully saturated rings. The molecule has 0 aliphatic rings. The summed E-state index contributed by atoms with van der Waals surface area (Å²) in [6.07, 6.45) is 0.780. The number of aryl methyl sites for hydroxylation is 1. The summed E-state index contributed by atoms with van der Waals surface area (Å²) in [7, 11) is 1.97. The Kier molecular flexibility index (Phi) is 4.56. The third kappa shape index (κ3) is 3.14. The van der Waals surface area contributed by atoms with E-state index < -0.39 is 0 Å². The lowest BCUT2D eigenvalue weighted by Crippen LogP contribution is -2.34. The Bertz CT molecular complexity index is 533. The van der Waals surface area contributed by atoms with E-state index in [4.69, 9.17) is 5.11 Å². The largest absolute Gasteiger partial charge is 0.396 e. The normalized spacial score (nSPS) is 13.3. The van der Waals surface area contributed by atoms with Gasteiger partial charge in [-0.05, 0) is 18.4 Å². The summed E-state index contributed by atoms with van der Waals surface area (Å²) in [6, 6.07) is 8.59. The van der Waals surface area contributed by atoms with Crippen LogP contribution in [0.2, 0.25) is 0 Å². The summed E-state index contributed by atoms with van der Waals surface area (Å²) >= 11 is 0. The molecule has 1 aromatic heterocycles. The van der Waals surface area contributed by atoms with E-state index in [-0.39, 0.29) is 6.61 Å². The van der Waals surface area contributed by atoms with Crippen molar-refractivity contribution in [3.63, 3.8) is 0 Å². The fourth-order valence-electron chi connectivity index (χ4n) is 2.46. The second-order valence-electron chi connectivity index (χ2n) is 5.33. The summed E-state index contributed by atoms with van der Waals surface area (Å²) in [5.41, 5.74) is 2.23. The van der Waals surface area contributed by atoms with E-state index in [1.807, 2.05) is 23.9 Å². The van der Waals surface area contributed by atoms with Crippen LogP contribution in [0.5, 0.6) is 0 Å². The summed E-state index contributed by atoms with van der Waals surface area (Å²) in [5, 5.41) is 18.4. The number of hydrogen-bond acceptors (Lipinski definition) is 3. The number of nitrogens with zero attached hydrogens (tertiary/aromatic N) is 2. The predicted octanol–water partition coefficient (Wildman–Crippen LogP) is 2.07. The lowest BCUT2D eigenvalue weighted by atomic mass is 10.0. The summed E-state index contributed by atoms with van der Waals surface area (Å²) in [6.45, 7) is 5.30. The molecule has 2 N–H and O–H groups in total. The molecular formula is C15H23N3O. The predicted molar refractivity (Wildman–Crippen MR) is 77.9 cm³/mol. The first-order valence-corrected chi connectivity index (χ1v) is 6.88. The monoisotopic (exact) mass is 261 g/mol. The molecule has 0 aliphatic heterocycles. The van der Waals surface area contributed by atoms with Crippen molar-refractivity contribution in [3.8, 4) is 0 Å². The molecule has 0 radical (unpaired) electrons. The topological polar surface area (TPSA) is 50.1 Å². The number of rotatable bonds is 6. The molecule has 1 unspecified atom stereocenters. The number of nitrogens with one attached hydrogen (secondary N) is 1. The molecule has 2 rings (SSSR count). The minimum atomic E-state index is 0.221. The van der Waals surface area contributed by atoms with Gasteiger partial charge in [0.1, 0.15) is 0 Å². The highest BCUT2D eigenvalue weighted by Crippen LogP contribution is 2.17. The number of aliphatic hydroxyl groups is 1. The van der Waals surface area contributed by atoms with Crippen molar-refractivity contribution in [2.75, 3.05) is 6.61 Å². The maximum atomic E-state index is 9.10. The molecule has 0 saturated heterocycles. The summed E-state index contributed by atoms with van der Waals surface area (Å²) in [5.74, 6) is 0.502. The van der Waals surface area contributed by atoms with Gasteiger partial charge in [-0.15, -0.1) is 0 Å². The van der Waals surface area contributed by atoms with E-state index in [0.29, 0.717) is 12.0 Å². The van der Waals surface area contributed by atoms with Crippen LogP contribution in [0.3, 0.4) is 0 Å². The lowest BCUT2D eigenvalue weighted by Gasteiger charge is -2.21. The molecule has 19 heavy (non-hydrogen) atoms. The Hall–Kier alpha value is -1.39. The van der Waals surface area contributed by atoms with Crippen molar-refractivity contribution < 1.29 is 5.11 Å². The van der Waals surface area contributed by atoms with Gasteiger partial charge < -0.3 is 10.4 Å². The van der Waals surface area contributed by atoms with E-state index in [0.717, 1.165) is 24.2 Å². The van der Waals surface area contributed by atoms with Crippen LogP contribution in [0.4, 0.5) is 0 Å². The molecule has 0 bridgehead atoms. The Morgan fingerprint density at radius 1 is 1.32 bits per heavy atom. The number of aromatic nitrogens is 2. The van der Waals surface area contributed by atoms with Crippen molar-refractivity contribution in [2.45, 2.75) is 32.9 Å². The zero-order valence-corrected chi connectivity index (χ0v) is 11.9. The van der Waals surface area contributed by atoms with Gasteiger partial charge in [0.05, 0.1) is 11.2 Å². The Labute approximate surface area is 114 Å². The van der Waals surface area contributed by atoms with Gasteiger partial charge in [0.15, 0.2) is 0 Å². The molecule has 0 saturated carbocycles. The molecular weight excluding hydrogens is 238 g/mol. The van der Waals surface area contributed by atoms with Gasteiger partial charge in [0, 0.05) is 31.6 Å². The average Bonchev–Trinajstić information content (AvgIpc) is 2.72. The lowest BCUT2D eigenvalue weighted by molar-refractivity contribution is 0.243. The smallest absolute Gasteiger partial charge is 0.0841 e. The van der Waals surface area contributed by atoms with Crippen molar-refractivity contribution in [1.82, 2.24) is 15.1 Å². The third-order valence-electron chi connectivity index (χ3n) is 3.61. The molecule has 0 aliphatic carbocycles. The quantitative estimate of drug-likeness (QED) is 0.837. The van der Waals surface area contributed by atoms with Crippen LogP contribution in [0.15, 0.2) is 24.3 Å². The van der Waals surface area contributed by atoms with E-state index in [9.17, 15) is 0 Å². The van der Waals surface area contributed by atoms with Crippen LogP contribution < -0.4 is 5.32 Å². The van der Waals surface area contributed by atoms with Crippen LogP contribution in [0.25, 0.3) is 10.9 Å². The second-order valence-corrected chi connectivity index (χ2v) is 5.33. The number of hydrogen-bond donors (Lipinski definition) is 2. The Balaban J connectivity index is 2.13. The minimum absolute atomic E-state index is 0.221. The highest BCUT2D eigenvalue weighted by atomic mass is 16.3. The highest BCUT2D eigenvalue weighted by Gasteiger charge is 2.14. The maximum Gasteiger partial charge on any atom is 0.0841 e. The van der Waals surface area contributed by atoms with E-state index in [1.54, 1.807) is 0 Å². The molecule has 2 aromatic rings. The van der Waals surface area contributed by atoms with Crippen LogP contribution in [0.1, 0.15) is 26.0 Å². The van der Waals surface area contributed by atoms with Crippen molar-refractivity contribution in [2.24, 2.45) is 13.0 Å². The van der Waals surface area contributed by atoms with Crippen molar-refractivity contribution in [3.05, 3.63) is 30.0 Å². The van der Waals surface area contributed by atoms with Gasteiger partial charge in [0.2, 0.25) is 0 Å². The Morgan fingerprint density at radius 2 is 2.05 bits per heavy atom. The molecule has 4 nitrogen and oxygen atoms in total. The first kappa shape index (κ1) is 14.0. The minimum Gasteiger partial charge on any atom is -0.396 e. The van der Waals surface area contributed by atoms with Gasteiger partial charge in [-0.25, -0.2) is 0 Å². The van der Waals surface area contributed by atoms with Gasteiger partial charge in [-0.1, -0.05) is 32.0 Å². The first-order chi connectivity index (χ1) is 9.13. The summed E-state index contributed by atoms with van der Waals surface area (Å²) in [4.78, 5) is 0. The summed E-state index contributed by atoms with van der Waals surface area (Å²) < 4.78 is 1.92. The van der Waals surface area contributed by atoms with E-state index in [2.05, 4.69) is 36.4 Å². The maximum absolute atomic E-state index is 9.10. The van der Waals surface area contributed by atoms with Crippen LogP contribution in [-0.4, -0.2) is 27.5 Å². The third-order valence-corrected chi connectivity index (χ3v) is 3.61. The average molecular weight is 261 g/mol. The van der Waals surface area contributed by atoms with Crippen LogP contribution >= 0.6 is 0 Å². The molecule has 104 valence electrons. The molecule has 0 spiro atoms. The van der Waals surface area contributed by atoms with Crippen molar-refractivity contribution >= 4 is 10.9 Å². The first-order valence-electron chi connectivity index (χ1n) is 6.88. The van der Waals surface area contributed by atoms with Crippen LogP contribution in [0, 0.1) is 5.92 Å². The van der Waals surface area contributed by atoms with Gasteiger partial charge in [-0.3, -0.25) is 4.68 Å². The molecule has 1 atom stereocenters. The molecule has 0 amide bonds. The number of para-hydroxylation sites is 1. The van der Waals surface area contributed by atoms with Gasteiger partial charge >= 0.3 is 0 Å². The van der Waals surface area contributed by atoms with Gasteiger partial charge in [-0.2, -0.15) is 5.10 Å². The zero-order valence-electron chi connectivity index (χ0n) is 11.9. The number of benzene rings is 1. The molecule has 4 heteroatoms. The molecule has 1 heterocycles. The number of fused-ring (bicyclic) bond motifs is 1. The standard InChI is InChI=1S/C15H23N3O/c1-11(2)13(8-9-19)16-10-14-12-6-4-5-7-15(12)18(3)17-14/h4-7,11,13,16,19H,8-10H2,1-3H3. The zero-order chi connectivity index (χ0) is 13.8. The highest BCUT2D eigenvalue weighted by molar-refractivity contribution is 5.81. The second kappa shape index (κ2) is 6.17. The SMILES string of the molecule is CC(C)C(CCO)NCc1nn(C)c2ccccc12. The van der Waals surface area contributed by atoms with Gasteiger partial charge in [0.25, 0.3) is 0 Å². The van der Waals surface area contributed by atoms with Crippen LogP contribution in [-0.2, 0) is 13.6 Å². The fraction of sp³-hybridized carbons (Fsp3) is 0.533. The van der Waals surface area contributed by atoms with E-state index in [1.165, 1.54) is 5.39 Å². The fourth-order valence-corrected chi connectivity index (χ4v) is 2.46. The van der Waals surface area contributed by atoms with E-state index >= 15 is 0 Å². The van der Waals surface area contributed by atoms with Crippen molar-refractivity contribution in [1.29, 1.82) is 0 Å². The Morgan fingerprint density at radius 3 is 2.74 bits per heavy atom.